The lowest BCUT2D eigenvalue weighted by Gasteiger charge is -2.33. The Morgan fingerprint density at radius 2 is 1.81 bits per heavy atom. The highest BCUT2D eigenvalue weighted by atomic mass is 79.9. The number of hydrogen-bond donors (Lipinski definition) is 1. The molecule has 1 aliphatic heterocycles. The summed E-state index contributed by atoms with van der Waals surface area (Å²) in [6.45, 7) is 2.02. The van der Waals surface area contributed by atoms with Crippen molar-refractivity contribution in [1.29, 1.82) is 0 Å². The zero-order valence-corrected chi connectivity index (χ0v) is 13.0. The number of carbonyl (C=O) groups excluding carboxylic acids is 1. The normalized spacial score (nSPS) is 16.0. The van der Waals surface area contributed by atoms with E-state index in [0.717, 1.165) is 4.47 Å². The van der Waals surface area contributed by atoms with Crippen molar-refractivity contribution in [2.45, 2.75) is 6.54 Å². The van der Waals surface area contributed by atoms with Crippen LogP contribution in [0, 0.1) is 0 Å². The lowest BCUT2D eigenvalue weighted by molar-refractivity contribution is -0.139. The fourth-order valence-electron chi connectivity index (χ4n) is 2.22. The summed E-state index contributed by atoms with van der Waals surface area (Å²) in [7, 11) is 0. The Morgan fingerprint density at radius 1 is 1.14 bits per heavy atom. The number of hydrogen-bond acceptors (Lipinski definition) is 4. The number of amides is 1. The van der Waals surface area contributed by atoms with Gasteiger partial charge in [0.1, 0.15) is 6.54 Å². The van der Waals surface area contributed by atoms with E-state index in [1.54, 1.807) is 22.1 Å². The van der Waals surface area contributed by atoms with E-state index in [4.69, 9.17) is 5.11 Å². The zero-order valence-electron chi connectivity index (χ0n) is 11.4. The molecule has 21 heavy (non-hydrogen) atoms. The van der Waals surface area contributed by atoms with E-state index in [1.807, 2.05) is 0 Å². The van der Waals surface area contributed by atoms with Gasteiger partial charge in [-0.1, -0.05) is 0 Å². The molecule has 0 spiro atoms. The molecule has 0 unspecified atom stereocenters. The van der Waals surface area contributed by atoms with Crippen LogP contribution in [-0.4, -0.2) is 64.1 Å². The van der Waals surface area contributed by atoms with Gasteiger partial charge in [-0.25, -0.2) is 0 Å². The fourth-order valence-corrected chi connectivity index (χ4v) is 2.60. The predicted molar refractivity (Wildman–Crippen MR) is 79.1 cm³/mol. The molecule has 1 saturated heterocycles. The molecule has 0 aromatic carbocycles. The molecule has 1 aliphatic rings. The standard InChI is InChI=1S/C13H16BrN3O4/c14-10-1-2-11(18)17(7-10)8-12(19)16-5-3-15(4-6-16)9-13(20)21/h1-2,7H,3-6,8-9H2,(H,20,21). The molecule has 114 valence electrons. The topological polar surface area (TPSA) is 82.8 Å². The quantitative estimate of drug-likeness (QED) is 0.809. The number of aromatic nitrogens is 1. The Labute approximate surface area is 129 Å². The number of carboxylic acids is 1. The maximum Gasteiger partial charge on any atom is 0.317 e. The molecule has 0 atom stereocenters. The van der Waals surface area contributed by atoms with Gasteiger partial charge in [-0.05, 0) is 22.0 Å². The third-order valence-electron chi connectivity index (χ3n) is 3.34. The Morgan fingerprint density at radius 3 is 2.43 bits per heavy atom. The summed E-state index contributed by atoms with van der Waals surface area (Å²) in [6.07, 6.45) is 1.58. The molecule has 7 nitrogen and oxygen atoms in total. The molecular weight excluding hydrogens is 342 g/mol. The van der Waals surface area contributed by atoms with Crippen molar-refractivity contribution in [3.63, 3.8) is 0 Å². The molecule has 0 bridgehead atoms. The van der Waals surface area contributed by atoms with E-state index in [2.05, 4.69) is 15.9 Å². The Hall–Kier alpha value is -1.67. The number of carboxylic acid groups (broad SMARTS) is 1. The van der Waals surface area contributed by atoms with Gasteiger partial charge in [0.15, 0.2) is 0 Å². The summed E-state index contributed by atoms with van der Waals surface area (Å²) >= 11 is 3.27. The lowest BCUT2D eigenvalue weighted by atomic mass is 10.3. The maximum atomic E-state index is 12.2. The summed E-state index contributed by atoms with van der Waals surface area (Å²) < 4.78 is 2.09. The summed E-state index contributed by atoms with van der Waals surface area (Å²) in [5.74, 6) is -0.999. The first-order valence-electron chi connectivity index (χ1n) is 6.53. The minimum atomic E-state index is -0.865. The number of halogens is 1. The van der Waals surface area contributed by atoms with Gasteiger partial charge in [0.2, 0.25) is 5.91 Å². The van der Waals surface area contributed by atoms with Crippen molar-refractivity contribution in [1.82, 2.24) is 14.4 Å². The van der Waals surface area contributed by atoms with Crippen molar-refractivity contribution < 1.29 is 14.7 Å². The van der Waals surface area contributed by atoms with Gasteiger partial charge < -0.3 is 14.6 Å². The van der Waals surface area contributed by atoms with E-state index in [9.17, 15) is 14.4 Å². The molecule has 1 aromatic heterocycles. The van der Waals surface area contributed by atoms with E-state index in [-0.39, 0.29) is 24.6 Å². The van der Waals surface area contributed by atoms with Crippen LogP contribution in [0.3, 0.4) is 0 Å². The molecule has 1 aromatic rings. The number of rotatable bonds is 4. The van der Waals surface area contributed by atoms with E-state index < -0.39 is 5.97 Å². The third-order valence-corrected chi connectivity index (χ3v) is 3.81. The largest absolute Gasteiger partial charge is 0.480 e. The van der Waals surface area contributed by atoms with Crippen LogP contribution < -0.4 is 5.56 Å². The molecule has 8 heteroatoms. The molecule has 0 aliphatic carbocycles. The minimum Gasteiger partial charge on any atom is -0.480 e. The van der Waals surface area contributed by atoms with Crippen LogP contribution in [0.2, 0.25) is 0 Å². The van der Waals surface area contributed by atoms with Crippen LogP contribution in [0.1, 0.15) is 0 Å². The molecule has 1 fully saturated rings. The lowest BCUT2D eigenvalue weighted by Crippen LogP contribution is -2.51. The smallest absolute Gasteiger partial charge is 0.317 e. The van der Waals surface area contributed by atoms with Crippen LogP contribution in [0.5, 0.6) is 0 Å². The van der Waals surface area contributed by atoms with Gasteiger partial charge in [-0.15, -0.1) is 0 Å². The van der Waals surface area contributed by atoms with Gasteiger partial charge >= 0.3 is 5.97 Å². The van der Waals surface area contributed by atoms with Crippen molar-refractivity contribution >= 4 is 27.8 Å². The highest BCUT2D eigenvalue weighted by Crippen LogP contribution is 2.06. The molecular formula is C13H16BrN3O4. The third kappa shape index (κ3) is 4.40. The first-order chi connectivity index (χ1) is 9.95. The van der Waals surface area contributed by atoms with Crippen molar-refractivity contribution in [3.8, 4) is 0 Å². The van der Waals surface area contributed by atoms with Gasteiger partial charge in [-0.3, -0.25) is 19.3 Å². The van der Waals surface area contributed by atoms with Crippen molar-refractivity contribution in [3.05, 3.63) is 33.2 Å². The summed E-state index contributed by atoms with van der Waals surface area (Å²) in [5.41, 5.74) is -0.226. The van der Waals surface area contributed by atoms with E-state index in [1.165, 1.54) is 10.6 Å². The maximum absolute atomic E-state index is 12.2. The van der Waals surface area contributed by atoms with Crippen LogP contribution in [0.25, 0.3) is 0 Å². The molecule has 0 radical (unpaired) electrons. The average molecular weight is 358 g/mol. The number of carbonyl (C=O) groups is 2. The second-order valence-electron chi connectivity index (χ2n) is 4.86. The van der Waals surface area contributed by atoms with Crippen LogP contribution >= 0.6 is 15.9 Å². The molecule has 2 heterocycles. The van der Waals surface area contributed by atoms with Crippen LogP contribution in [0.4, 0.5) is 0 Å². The fraction of sp³-hybridized carbons (Fsp3) is 0.462. The van der Waals surface area contributed by atoms with Crippen molar-refractivity contribution in [2.75, 3.05) is 32.7 Å². The Bertz CT molecular complexity index is 593. The zero-order chi connectivity index (χ0) is 15.4. The predicted octanol–water partition coefficient (Wildman–Crippen LogP) is -0.160. The van der Waals surface area contributed by atoms with Gasteiger partial charge in [0.05, 0.1) is 6.54 Å². The van der Waals surface area contributed by atoms with Crippen molar-refractivity contribution in [2.24, 2.45) is 0 Å². The SMILES string of the molecule is O=C(O)CN1CCN(C(=O)Cn2cc(Br)ccc2=O)CC1. The minimum absolute atomic E-state index is 0.00277. The summed E-state index contributed by atoms with van der Waals surface area (Å²) in [6, 6.07) is 3.04. The molecule has 0 saturated carbocycles. The summed E-state index contributed by atoms with van der Waals surface area (Å²) in [4.78, 5) is 37.9. The second-order valence-corrected chi connectivity index (χ2v) is 5.78. The van der Waals surface area contributed by atoms with E-state index >= 15 is 0 Å². The number of piperazine rings is 1. The molecule has 1 amide bonds. The van der Waals surface area contributed by atoms with Crippen LogP contribution in [-0.2, 0) is 16.1 Å². The number of aliphatic carboxylic acids is 1. The van der Waals surface area contributed by atoms with Crippen LogP contribution in [0.15, 0.2) is 27.6 Å². The average Bonchev–Trinajstić information content (AvgIpc) is 2.43. The second kappa shape index (κ2) is 6.86. The van der Waals surface area contributed by atoms with Gasteiger partial charge in [0, 0.05) is 42.9 Å². The van der Waals surface area contributed by atoms with Gasteiger partial charge in [-0.2, -0.15) is 0 Å². The first kappa shape index (κ1) is 15.7. The molecule has 2 rings (SSSR count). The molecule has 1 N–H and O–H groups in total. The highest BCUT2D eigenvalue weighted by Gasteiger charge is 2.22. The Balaban J connectivity index is 1.92. The van der Waals surface area contributed by atoms with Gasteiger partial charge in [0.25, 0.3) is 5.56 Å². The number of nitrogens with zero attached hydrogens (tertiary/aromatic N) is 3. The first-order valence-corrected chi connectivity index (χ1v) is 7.33. The monoisotopic (exact) mass is 357 g/mol. The number of pyridine rings is 1. The highest BCUT2D eigenvalue weighted by molar-refractivity contribution is 9.10. The van der Waals surface area contributed by atoms with E-state index in [0.29, 0.717) is 26.2 Å². The summed E-state index contributed by atoms with van der Waals surface area (Å²) in [5, 5.41) is 8.73. The Kier molecular flexibility index (Phi) is 5.13.